The van der Waals surface area contributed by atoms with Crippen molar-refractivity contribution in [1.82, 2.24) is 15.5 Å². The molecule has 3 heterocycles. The summed E-state index contributed by atoms with van der Waals surface area (Å²) in [5.74, 6) is 3.23. The summed E-state index contributed by atoms with van der Waals surface area (Å²) in [5, 5.41) is 31.4. The van der Waals surface area contributed by atoms with E-state index in [1.807, 2.05) is 78.8 Å². The molecular weight excluding hydrogens is 682 g/mol. The van der Waals surface area contributed by atoms with Crippen LogP contribution in [-0.2, 0) is 11.2 Å². The molecule has 54 heavy (non-hydrogen) atoms. The normalized spacial score (nSPS) is 12.6. The third-order valence-electron chi connectivity index (χ3n) is 9.34. The predicted octanol–water partition coefficient (Wildman–Crippen LogP) is 10.6. The van der Waals surface area contributed by atoms with Gasteiger partial charge in [-0.3, -0.25) is 0 Å². The number of methoxy groups -OCH3 is 2. The first kappa shape index (κ1) is 41.7. The molecule has 3 atom stereocenters. The van der Waals surface area contributed by atoms with Gasteiger partial charge in [-0.1, -0.05) is 57.8 Å². The number of hydrogen-bond donors (Lipinski definition) is 2. The fraction of sp³-hybridized carbons (Fsp3) is 0.386. The smallest absolute Gasteiger partial charge is 0.144 e. The Morgan fingerprint density at radius 1 is 0.556 bits per heavy atom. The molecule has 3 aromatic heterocycles. The van der Waals surface area contributed by atoms with E-state index in [1.54, 1.807) is 28.1 Å². The number of aliphatic hydroxyl groups excluding tert-OH is 2. The van der Waals surface area contributed by atoms with Crippen molar-refractivity contribution in [2.24, 2.45) is 0 Å². The number of ether oxygens (including phenoxy) is 2. The molecule has 0 aliphatic carbocycles. The summed E-state index contributed by atoms with van der Waals surface area (Å²) in [7, 11) is 3.33. The Morgan fingerprint density at radius 2 is 0.981 bits per heavy atom. The third kappa shape index (κ3) is 9.93. The number of aromatic nitrogens is 3. The Bertz CT molecular complexity index is 2120. The average Bonchev–Trinajstić information content (AvgIpc) is 3.81. The Labute approximate surface area is 319 Å². The molecule has 2 N–H and O–H groups in total. The Balaban J connectivity index is 0.000000180. The molecule has 0 saturated carbocycles. The van der Waals surface area contributed by atoms with Crippen molar-refractivity contribution in [3.63, 3.8) is 0 Å². The van der Waals surface area contributed by atoms with Gasteiger partial charge in [-0.2, -0.15) is 0 Å². The number of aryl methyl sites for hydroxylation is 8. The Hall–Kier alpha value is -5.03. The van der Waals surface area contributed by atoms with Crippen molar-refractivity contribution >= 4 is 0 Å². The number of rotatable bonds is 9. The molecule has 0 radical (unpaired) electrons. The second-order valence-corrected chi connectivity index (χ2v) is 13.8. The van der Waals surface area contributed by atoms with Gasteiger partial charge in [0.1, 0.15) is 23.0 Å². The second kappa shape index (κ2) is 18.3. The number of benzene rings is 3. The molecule has 6 rings (SSSR count). The van der Waals surface area contributed by atoms with Gasteiger partial charge in [-0.25, -0.2) is 0 Å². The predicted molar refractivity (Wildman–Crippen MR) is 212 cm³/mol. The van der Waals surface area contributed by atoms with Gasteiger partial charge >= 0.3 is 0 Å². The lowest BCUT2D eigenvalue weighted by Gasteiger charge is -2.13. The van der Waals surface area contributed by atoms with Crippen LogP contribution < -0.4 is 4.74 Å². The molecule has 0 aliphatic rings. The Kier molecular flexibility index (Phi) is 14.2. The summed E-state index contributed by atoms with van der Waals surface area (Å²) >= 11 is 0. The van der Waals surface area contributed by atoms with Crippen LogP contribution in [0.25, 0.3) is 33.4 Å². The highest BCUT2D eigenvalue weighted by molar-refractivity contribution is 5.71. The quantitative estimate of drug-likeness (QED) is 0.147. The Morgan fingerprint density at radius 3 is 1.43 bits per heavy atom. The van der Waals surface area contributed by atoms with E-state index in [0.29, 0.717) is 5.75 Å². The summed E-state index contributed by atoms with van der Waals surface area (Å²) in [6.45, 7) is 21.3. The maximum atomic E-state index is 9.73. The van der Waals surface area contributed by atoms with E-state index in [4.69, 9.17) is 23.0 Å². The van der Waals surface area contributed by atoms with Gasteiger partial charge in [-0.05, 0) is 133 Å². The molecule has 3 aromatic carbocycles. The van der Waals surface area contributed by atoms with Crippen molar-refractivity contribution in [2.75, 3.05) is 14.2 Å². The maximum absolute atomic E-state index is 9.73. The van der Waals surface area contributed by atoms with Gasteiger partial charge in [0.05, 0.1) is 42.5 Å². The fourth-order valence-electron chi connectivity index (χ4n) is 6.47. The zero-order valence-electron chi connectivity index (χ0n) is 33.9. The molecule has 0 fully saturated rings. The molecule has 10 heteroatoms. The van der Waals surface area contributed by atoms with Crippen molar-refractivity contribution in [1.29, 1.82) is 0 Å². The minimum Gasteiger partial charge on any atom is -0.497 e. The van der Waals surface area contributed by atoms with Crippen LogP contribution in [0, 0.1) is 48.5 Å². The van der Waals surface area contributed by atoms with Gasteiger partial charge in [0.2, 0.25) is 0 Å². The van der Waals surface area contributed by atoms with Gasteiger partial charge < -0.3 is 33.3 Å². The topological polar surface area (TPSA) is 137 Å². The van der Waals surface area contributed by atoms with Crippen LogP contribution in [0.3, 0.4) is 0 Å². The zero-order chi connectivity index (χ0) is 39.9. The minimum absolute atomic E-state index is 0.0872. The SMILES string of the molecule is CCc1onc(C)c1-c1cc(C)cc(C(C)O)c1.COC(C)c1cc(C)cc(-c2c(C)noc2C)c1.COc1cc(-c2c(C)noc2C)cc(C(C)O)c1. The van der Waals surface area contributed by atoms with Crippen LogP contribution in [0.5, 0.6) is 5.75 Å². The van der Waals surface area contributed by atoms with E-state index in [0.717, 1.165) is 90.9 Å². The van der Waals surface area contributed by atoms with E-state index >= 15 is 0 Å². The molecule has 0 saturated heterocycles. The first-order valence-electron chi connectivity index (χ1n) is 18.2. The van der Waals surface area contributed by atoms with Gasteiger partial charge in [0, 0.05) is 30.2 Å². The summed E-state index contributed by atoms with van der Waals surface area (Å²) in [5.41, 5.74) is 14.2. The number of aliphatic hydroxyl groups is 2. The maximum Gasteiger partial charge on any atom is 0.144 e. The molecule has 0 bridgehead atoms. The van der Waals surface area contributed by atoms with E-state index in [9.17, 15) is 10.2 Å². The summed E-state index contributed by atoms with van der Waals surface area (Å²) in [4.78, 5) is 0. The van der Waals surface area contributed by atoms with Crippen LogP contribution in [0.15, 0.2) is 68.2 Å². The van der Waals surface area contributed by atoms with E-state index in [1.165, 1.54) is 11.1 Å². The van der Waals surface area contributed by atoms with Crippen molar-refractivity contribution in [3.05, 3.63) is 117 Å². The molecular formula is C44H55N3O7. The van der Waals surface area contributed by atoms with Crippen molar-refractivity contribution in [2.45, 2.75) is 101 Å². The summed E-state index contributed by atoms with van der Waals surface area (Å²) in [6.07, 6.45) is -0.106. The van der Waals surface area contributed by atoms with Gasteiger partial charge in [0.25, 0.3) is 0 Å². The highest BCUT2D eigenvalue weighted by Gasteiger charge is 2.17. The van der Waals surface area contributed by atoms with Gasteiger partial charge in [-0.15, -0.1) is 0 Å². The molecule has 3 unspecified atom stereocenters. The molecule has 0 amide bonds. The lowest BCUT2D eigenvalue weighted by atomic mass is 9.96. The van der Waals surface area contributed by atoms with Crippen LogP contribution in [0.1, 0.15) is 108 Å². The molecule has 0 aliphatic heterocycles. The molecule has 288 valence electrons. The highest BCUT2D eigenvalue weighted by Crippen LogP contribution is 2.34. The van der Waals surface area contributed by atoms with Crippen LogP contribution >= 0.6 is 0 Å². The van der Waals surface area contributed by atoms with Crippen molar-refractivity contribution < 1.29 is 33.3 Å². The largest absolute Gasteiger partial charge is 0.497 e. The van der Waals surface area contributed by atoms with E-state index in [-0.39, 0.29) is 6.10 Å². The zero-order valence-corrected chi connectivity index (χ0v) is 33.9. The van der Waals surface area contributed by atoms with E-state index < -0.39 is 12.2 Å². The second-order valence-electron chi connectivity index (χ2n) is 13.8. The minimum atomic E-state index is -0.542. The van der Waals surface area contributed by atoms with Crippen LogP contribution in [0.2, 0.25) is 0 Å². The lowest BCUT2D eigenvalue weighted by molar-refractivity contribution is 0.119. The monoisotopic (exact) mass is 737 g/mol. The van der Waals surface area contributed by atoms with Gasteiger partial charge in [0.15, 0.2) is 0 Å². The molecule has 6 aromatic rings. The van der Waals surface area contributed by atoms with Crippen molar-refractivity contribution in [3.8, 4) is 39.1 Å². The number of hydrogen-bond acceptors (Lipinski definition) is 10. The number of nitrogens with zero attached hydrogens (tertiary/aromatic N) is 3. The summed E-state index contributed by atoms with van der Waals surface area (Å²) < 4.78 is 26.4. The van der Waals surface area contributed by atoms with Crippen LogP contribution in [-0.4, -0.2) is 39.9 Å². The first-order valence-corrected chi connectivity index (χ1v) is 18.2. The van der Waals surface area contributed by atoms with E-state index in [2.05, 4.69) is 53.6 Å². The summed E-state index contributed by atoms with van der Waals surface area (Å²) in [6, 6.07) is 18.2. The molecule has 0 spiro atoms. The first-order chi connectivity index (χ1) is 25.6. The molecule has 10 nitrogen and oxygen atoms in total. The lowest BCUT2D eigenvalue weighted by Crippen LogP contribution is -1.97. The standard InChI is InChI=1S/2C15H19NO2.C14H17NO3/c1-9-6-13(11(3)17-5)8-14(7-9)15-10(2)16-18-12(15)4;1-5-14-15(10(3)16-18-14)13-7-9(2)6-12(8-13)11(4)17;1-8-14(10(3)18-15-8)12-5-11(9(2)16)6-13(7-12)17-4/h6-8,11H,1-5H3;6-8,11,17H,5H2,1-4H3;5-7,9,16H,1-4H3. The average molecular weight is 738 g/mol. The third-order valence-corrected chi connectivity index (χ3v) is 9.34. The van der Waals surface area contributed by atoms with Crippen LogP contribution in [0.4, 0.5) is 0 Å². The highest BCUT2D eigenvalue weighted by atomic mass is 16.5. The fourth-order valence-corrected chi connectivity index (χ4v) is 6.47.